The third-order valence-electron chi connectivity index (χ3n) is 9.42. The van der Waals surface area contributed by atoms with Crippen LogP contribution in [0.2, 0.25) is 0 Å². The van der Waals surface area contributed by atoms with Gasteiger partial charge in [-0.05, 0) is 56.3 Å². The molecule has 1 saturated carbocycles. The van der Waals surface area contributed by atoms with Crippen molar-refractivity contribution < 1.29 is 19.4 Å². The first-order chi connectivity index (χ1) is 16.7. The molecule has 0 bridgehead atoms. The van der Waals surface area contributed by atoms with Gasteiger partial charge in [0.05, 0.1) is 19.4 Å². The number of piperazine rings is 1. The van der Waals surface area contributed by atoms with E-state index in [1.54, 1.807) is 4.90 Å². The van der Waals surface area contributed by atoms with Crippen molar-refractivity contribution in [3.63, 3.8) is 0 Å². The van der Waals surface area contributed by atoms with Crippen molar-refractivity contribution >= 4 is 23.4 Å². The second kappa shape index (κ2) is 10.1. The number of aliphatic hydroxyl groups is 1. The number of nitrogens with zero attached hydrogens (tertiary/aromatic N) is 3. The van der Waals surface area contributed by atoms with E-state index in [-0.39, 0.29) is 36.4 Å². The standard InChI is InChI=1S/C26H43ClN4O4/c1-3-9-25(2)10-8-20-28-21(22(27)31(20)15-25)18-4-6-19(7-5-18)23(32)29-11-13-30(14-12-29)24(33)26(34)16-35-17-26/h18-22,28,34H,3-17H2,1-2H3. The number of fused-ring (bicyclic) bond motifs is 1. The van der Waals surface area contributed by atoms with Crippen LogP contribution in [0.25, 0.3) is 0 Å². The minimum atomic E-state index is -1.36. The Bertz CT molecular complexity index is 794. The summed E-state index contributed by atoms with van der Waals surface area (Å²) in [5, 5.41) is 14.1. The highest BCUT2D eigenvalue weighted by Crippen LogP contribution is 2.43. The monoisotopic (exact) mass is 510 g/mol. The Morgan fingerprint density at radius 1 is 1.06 bits per heavy atom. The van der Waals surface area contributed by atoms with Crippen LogP contribution < -0.4 is 5.32 Å². The maximum Gasteiger partial charge on any atom is 0.259 e. The van der Waals surface area contributed by atoms with Crippen molar-refractivity contribution in [1.29, 1.82) is 0 Å². The van der Waals surface area contributed by atoms with E-state index in [2.05, 4.69) is 24.1 Å². The number of carbonyl (C=O) groups excluding carboxylic acids is 2. The summed E-state index contributed by atoms with van der Waals surface area (Å²) < 4.78 is 5.01. The lowest BCUT2D eigenvalue weighted by Gasteiger charge is -2.43. The van der Waals surface area contributed by atoms with Gasteiger partial charge in [-0.15, -0.1) is 11.6 Å². The Balaban J connectivity index is 1.09. The number of rotatable bonds is 5. The number of amides is 2. The quantitative estimate of drug-likeness (QED) is 0.434. The lowest BCUT2D eigenvalue weighted by molar-refractivity contribution is -0.201. The minimum absolute atomic E-state index is 0.0373. The lowest BCUT2D eigenvalue weighted by atomic mass is 9.77. The number of piperidine rings is 1. The van der Waals surface area contributed by atoms with E-state index in [0.717, 1.165) is 32.2 Å². The second-order valence-electron chi connectivity index (χ2n) is 12.1. The van der Waals surface area contributed by atoms with E-state index in [0.29, 0.717) is 49.7 Å². The normalized spacial score (nSPS) is 39.7. The molecule has 9 heteroatoms. The molecule has 4 unspecified atom stereocenters. The predicted octanol–water partition coefficient (Wildman–Crippen LogP) is 1.99. The molecular formula is C26H43ClN4O4. The summed E-state index contributed by atoms with van der Waals surface area (Å²) in [4.78, 5) is 31.8. The van der Waals surface area contributed by atoms with E-state index < -0.39 is 5.60 Å². The Morgan fingerprint density at radius 3 is 2.31 bits per heavy atom. The molecule has 0 aromatic heterocycles. The van der Waals surface area contributed by atoms with Crippen LogP contribution in [0.3, 0.4) is 0 Å². The van der Waals surface area contributed by atoms with Crippen molar-refractivity contribution in [2.45, 2.75) is 88.5 Å². The number of hydrogen-bond donors (Lipinski definition) is 2. The Morgan fingerprint density at radius 2 is 1.71 bits per heavy atom. The van der Waals surface area contributed by atoms with Gasteiger partial charge in [0.2, 0.25) is 5.91 Å². The highest BCUT2D eigenvalue weighted by Gasteiger charge is 2.49. The predicted molar refractivity (Wildman–Crippen MR) is 134 cm³/mol. The molecule has 2 amide bonds. The Labute approximate surface area is 214 Å². The molecule has 2 N–H and O–H groups in total. The van der Waals surface area contributed by atoms with Gasteiger partial charge in [-0.3, -0.25) is 19.8 Å². The molecule has 0 spiro atoms. The number of alkyl halides is 1. The molecule has 0 aromatic rings. The maximum atomic E-state index is 13.2. The smallest absolute Gasteiger partial charge is 0.259 e. The molecule has 4 saturated heterocycles. The summed E-state index contributed by atoms with van der Waals surface area (Å²) in [5.74, 6) is 0.561. The van der Waals surface area contributed by atoms with Crippen LogP contribution in [0.5, 0.6) is 0 Å². The molecule has 198 valence electrons. The van der Waals surface area contributed by atoms with E-state index in [1.165, 1.54) is 25.7 Å². The lowest BCUT2D eigenvalue weighted by Crippen LogP contribution is -2.64. The molecule has 5 aliphatic rings. The van der Waals surface area contributed by atoms with Crippen LogP contribution >= 0.6 is 11.6 Å². The average Bonchev–Trinajstić information content (AvgIpc) is 3.17. The molecule has 1 aliphatic carbocycles. The number of halogens is 1. The van der Waals surface area contributed by atoms with Gasteiger partial charge in [-0.1, -0.05) is 20.3 Å². The fraction of sp³-hybridized carbons (Fsp3) is 0.923. The summed E-state index contributed by atoms with van der Waals surface area (Å²) in [5.41, 5.74) is -0.950. The molecule has 8 nitrogen and oxygen atoms in total. The minimum Gasteiger partial charge on any atom is -0.376 e. The first-order valence-electron chi connectivity index (χ1n) is 13.8. The first kappa shape index (κ1) is 25.7. The van der Waals surface area contributed by atoms with Gasteiger partial charge >= 0.3 is 0 Å². The highest BCUT2D eigenvalue weighted by atomic mass is 35.5. The van der Waals surface area contributed by atoms with Crippen molar-refractivity contribution in [2.24, 2.45) is 17.3 Å². The van der Waals surface area contributed by atoms with Crippen LogP contribution in [0.4, 0.5) is 0 Å². The summed E-state index contributed by atoms with van der Waals surface area (Å²) in [6, 6.07) is 0.303. The van der Waals surface area contributed by atoms with Crippen LogP contribution in [0, 0.1) is 17.3 Å². The Hall–Kier alpha value is -0.930. The summed E-state index contributed by atoms with van der Waals surface area (Å²) in [7, 11) is 0. The van der Waals surface area contributed by atoms with E-state index in [1.807, 2.05) is 4.90 Å². The fourth-order valence-corrected chi connectivity index (χ4v) is 7.71. The Kier molecular flexibility index (Phi) is 7.41. The largest absolute Gasteiger partial charge is 0.376 e. The molecule has 4 heterocycles. The SMILES string of the molecule is CCCC1(C)CCC2NC(C3CCC(C(=O)N4CCN(C(=O)C5(O)COC5)CC4)CC3)C(Cl)N2C1. The van der Waals surface area contributed by atoms with Crippen molar-refractivity contribution in [1.82, 2.24) is 20.0 Å². The van der Waals surface area contributed by atoms with Crippen molar-refractivity contribution in [3.8, 4) is 0 Å². The second-order valence-corrected chi connectivity index (χ2v) is 12.6. The number of carbonyl (C=O) groups is 2. The van der Waals surface area contributed by atoms with Crippen LogP contribution in [0.15, 0.2) is 0 Å². The van der Waals surface area contributed by atoms with Crippen LogP contribution in [-0.2, 0) is 14.3 Å². The summed E-state index contributed by atoms with van der Waals surface area (Å²) in [6.07, 6.45) is 9.22. The van der Waals surface area contributed by atoms with Gasteiger partial charge in [0, 0.05) is 44.7 Å². The topological polar surface area (TPSA) is 85.4 Å². The molecule has 5 fully saturated rings. The van der Waals surface area contributed by atoms with Gasteiger partial charge in [-0.25, -0.2) is 0 Å². The zero-order valence-electron chi connectivity index (χ0n) is 21.4. The van der Waals surface area contributed by atoms with E-state index in [4.69, 9.17) is 16.3 Å². The molecule has 4 atom stereocenters. The van der Waals surface area contributed by atoms with Gasteiger partial charge in [-0.2, -0.15) is 0 Å². The van der Waals surface area contributed by atoms with Gasteiger partial charge in [0.1, 0.15) is 5.50 Å². The zero-order valence-corrected chi connectivity index (χ0v) is 22.1. The van der Waals surface area contributed by atoms with Crippen LogP contribution in [-0.4, -0.2) is 101 Å². The van der Waals surface area contributed by atoms with Crippen molar-refractivity contribution in [2.75, 3.05) is 45.9 Å². The number of ether oxygens (including phenoxy) is 1. The van der Waals surface area contributed by atoms with Gasteiger partial charge in [0.25, 0.3) is 5.91 Å². The van der Waals surface area contributed by atoms with Gasteiger partial charge < -0.3 is 19.6 Å². The van der Waals surface area contributed by atoms with E-state index >= 15 is 0 Å². The summed E-state index contributed by atoms with van der Waals surface area (Å²) >= 11 is 7.05. The average molecular weight is 511 g/mol. The molecular weight excluding hydrogens is 468 g/mol. The maximum absolute atomic E-state index is 13.2. The van der Waals surface area contributed by atoms with Crippen molar-refractivity contribution in [3.05, 3.63) is 0 Å². The molecule has 35 heavy (non-hydrogen) atoms. The number of nitrogens with one attached hydrogen (secondary N) is 1. The van der Waals surface area contributed by atoms with E-state index in [9.17, 15) is 14.7 Å². The fourth-order valence-electron chi connectivity index (χ4n) is 7.22. The summed E-state index contributed by atoms with van der Waals surface area (Å²) in [6.45, 7) is 7.97. The zero-order chi connectivity index (χ0) is 24.8. The highest BCUT2D eigenvalue weighted by molar-refractivity contribution is 6.21. The van der Waals surface area contributed by atoms with Gasteiger partial charge in [0.15, 0.2) is 5.60 Å². The third kappa shape index (κ3) is 4.98. The molecule has 4 aliphatic heterocycles. The number of hydrogen-bond acceptors (Lipinski definition) is 6. The first-order valence-corrected chi connectivity index (χ1v) is 14.2. The third-order valence-corrected chi connectivity index (χ3v) is 9.95. The molecule has 0 aromatic carbocycles. The molecule has 5 rings (SSSR count). The molecule has 0 radical (unpaired) electrons. The van der Waals surface area contributed by atoms with Crippen LogP contribution in [0.1, 0.15) is 65.2 Å².